The predicted octanol–water partition coefficient (Wildman–Crippen LogP) is 2.91. The van der Waals surface area contributed by atoms with Crippen molar-refractivity contribution >= 4 is 29.1 Å². The van der Waals surface area contributed by atoms with Gasteiger partial charge in [0.2, 0.25) is 0 Å². The lowest BCUT2D eigenvalue weighted by Gasteiger charge is -2.03. The Kier molecular flexibility index (Phi) is 4.33. The maximum Gasteiger partial charge on any atom is 0.316 e. The molecule has 94 valence electrons. The number of pyridine rings is 1. The van der Waals surface area contributed by atoms with Crippen LogP contribution >= 0.6 is 23.1 Å². The number of carbonyl (C=O) groups is 1. The van der Waals surface area contributed by atoms with Crippen molar-refractivity contribution in [3.05, 3.63) is 35.5 Å². The summed E-state index contributed by atoms with van der Waals surface area (Å²) in [5.74, 6) is -0.184. The molecule has 0 saturated carbocycles. The van der Waals surface area contributed by atoms with Gasteiger partial charge in [-0.25, -0.2) is 4.98 Å². The van der Waals surface area contributed by atoms with Gasteiger partial charge in [0.15, 0.2) is 0 Å². The third-order valence-electron chi connectivity index (χ3n) is 2.26. The number of nitrogens with zero attached hydrogens (tertiary/aromatic N) is 2. The van der Waals surface area contributed by atoms with Gasteiger partial charge in [-0.1, -0.05) is 6.07 Å². The van der Waals surface area contributed by atoms with Crippen LogP contribution in [0.4, 0.5) is 0 Å². The molecule has 2 aromatic rings. The Hall–Kier alpha value is -1.40. The van der Waals surface area contributed by atoms with Crippen molar-refractivity contribution in [2.24, 2.45) is 0 Å². The number of rotatable bonds is 5. The van der Waals surface area contributed by atoms with Crippen molar-refractivity contribution in [2.75, 3.05) is 0 Å². The first-order chi connectivity index (χ1) is 8.66. The monoisotopic (exact) mass is 280 g/mol. The van der Waals surface area contributed by atoms with E-state index in [1.165, 1.54) is 23.1 Å². The molecule has 1 atom stereocenters. The van der Waals surface area contributed by atoms with Crippen LogP contribution in [0.3, 0.4) is 0 Å². The molecule has 0 bridgehead atoms. The minimum absolute atomic E-state index is 0.412. The van der Waals surface area contributed by atoms with Crippen LogP contribution < -0.4 is 0 Å². The summed E-state index contributed by atoms with van der Waals surface area (Å²) in [6.45, 7) is 1.68. The standard InChI is InChI=1S/C12H12N2O2S2/c1-8(12(15)16)17-6-9-7-18-11(14-9)10-4-2-3-5-13-10/h2-5,7-8H,6H2,1H3,(H,15,16). The molecule has 0 aliphatic carbocycles. The van der Waals surface area contributed by atoms with Gasteiger partial charge in [-0.15, -0.1) is 23.1 Å². The van der Waals surface area contributed by atoms with Gasteiger partial charge in [0.25, 0.3) is 0 Å². The van der Waals surface area contributed by atoms with Crippen molar-refractivity contribution < 1.29 is 9.90 Å². The highest BCUT2D eigenvalue weighted by Gasteiger charge is 2.12. The van der Waals surface area contributed by atoms with Gasteiger partial charge < -0.3 is 5.11 Å². The number of carboxylic acids is 1. The molecule has 18 heavy (non-hydrogen) atoms. The number of carboxylic acid groups (broad SMARTS) is 1. The lowest BCUT2D eigenvalue weighted by Crippen LogP contribution is -2.11. The average molecular weight is 280 g/mol. The first kappa shape index (κ1) is 13.0. The number of aromatic nitrogens is 2. The number of hydrogen-bond acceptors (Lipinski definition) is 5. The van der Waals surface area contributed by atoms with E-state index in [0.29, 0.717) is 5.75 Å². The van der Waals surface area contributed by atoms with Gasteiger partial charge in [-0.05, 0) is 19.1 Å². The maximum atomic E-state index is 10.7. The summed E-state index contributed by atoms with van der Waals surface area (Å²) < 4.78 is 0. The lowest BCUT2D eigenvalue weighted by molar-refractivity contribution is -0.136. The zero-order valence-electron chi connectivity index (χ0n) is 9.74. The van der Waals surface area contributed by atoms with Gasteiger partial charge in [0, 0.05) is 17.3 Å². The predicted molar refractivity (Wildman–Crippen MR) is 73.7 cm³/mol. The molecule has 0 aromatic carbocycles. The van der Waals surface area contributed by atoms with Gasteiger partial charge in [0.05, 0.1) is 16.6 Å². The summed E-state index contributed by atoms with van der Waals surface area (Å²) in [5, 5.41) is 11.2. The average Bonchev–Trinajstić information content (AvgIpc) is 2.85. The van der Waals surface area contributed by atoms with Crippen molar-refractivity contribution in [1.82, 2.24) is 9.97 Å². The molecule has 0 amide bonds. The summed E-state index contributed by atoms with van der Waals surface area (Å²) in [4.78, 5) is 19.4. The molecule has 1 unspecified atom stereocenters. The fraction of sp³-hybridized carbons (Fsp3) is 0.250. The molecule has 0 aliphatic heterocycles. The highest BCUT2D eigenvalue weighted by molar-refractivity contribution is 7.99. The van der Waals surface area contributed by atoms with E-state index in [-0.39, 0.29) is 0 Å². The minimum atomic E-state index is -0.792. The Labute approximate surface area is 113 Å². The number of thioether (sulfide) groups is 1. The van der Waals surface area contributed by atoms with Crippen LogP contribution in [-0.2, 0) is 10.5 Å². The molecular weight excluding hydrogens is 268 g/mol. The fourth-order valence-electron chi connectivity index (χ4n) is 1.26. The molecule has 2 heterocycles. The Morgan fingerprint density at radius 2 is 2.39 bits per heavy atom. The molecule has 1 N–H and O–H groups in total. The molecular formula is C12H12N2O2S2. The minimum Gasteiger partial charge on any atom is -0.480 e. The fourth-order valence-corrected chi connectivity index (χ4v) is 2.87. The Morgan fingerprint density at radius 3 is 3.06 bits per heavy atom. The van der Waals surface area contributed by atoms with E-state index < -0.39 is 11.2 Å². The van der Waals surface area contributed by atoms with E-state index >= 15 is 0 Å². The SMILES string of the molecule is CC(SCc1csc(-c2ccccn2)n1)C(=O)O. The zero-order valence-corrected chi connectivity index (χ0v) is 11.4. The first-order valence-corrected chi connectivity index (χ1v) is 7.30. The second-order valence-corrected chi connectivity index (χ2v) is 5.84. The summed E-state index contributed by atoms with van der Waals surface area (Å²) in [5.41, 5.74) is 1.75. The summed E-state index contributed by atoms with van der Waals surface area (Å²) in [6, 6.07) is 5.70. The van der Waals surface area contributed by atoms with Crippen molar-refractivity contribution in [3.63, 3.8) is 0 Å². The normalized spacial score (nSPS) is 12.3. The van der Waals surface area contributed by atoms with E-state index in [1.54, 1.807) is 13.1 Å². The number of aliphatic carboxylic acids is 1. The first-order valence-electron chi connectivity index (χ1n) is 5.37. The Morgan fingerprint density at radius 1 is 1.56 bits per heavy atom. The van der Waals surface area contributed by atoms with Crippen molar-refractivity contribution in [1.29, 1.82) is 0 Å². The van der Waals surface area contributed by atoms with Gasteiger partial charge in [-0.3, -0.25) is 9.78 Å². The Bertz CT molecular complexity index is 528. The number of hydrogen-bond donors (Lipinski definition) is 1. The third kappa shape index (κ3) is 3.30. The van der Waals surface area contributed by atoms with Crippen LogP contribution in [0.1, 0.15) is 12.6 Å². The highest BCUT2D eigenvalue weighted by Crippen LogP contribution is 2.24. The third-order valence-corrected chi connectivity index (χ3v) is 4.34. The summed E-state index contributed by atoms with van der Waals surface area (Å²) in [7, 11) is 0. The van der Waals surface area contributed by atoms with E-state index in [2.05, 4.69) is 9.97 Å². The molecule has 0 saturated heterocycles. The molecule has 6 heteroatoms. The van der Waals surface area contributed by atoms with Gasteiger partial charge >= 0.3 is 5.97 Å². The van der Waals surface area contributed by atoms with Gasteiger partial charge in [-0.2, -0.15) is 0 Å². The van der Waals surface area contributed by atoms with Crippen LogP contribution in [-0.4, -0.2) is 26.3 Å². The van der Waals surface area contributed by atoms with Crippen LogP contribution in [0.2, 0.25) is 0 Å². The van der Waals surface area contributed by atoms with E-state index in [9.17, 15) is 4.79 Å². The summed E-state index contributed by atoms with van der Waals surface area (Å²) >= 11 is 2.90. The Balaban J connectivity index is 2.01. The molecule has 2 aromatic heterocycles. The summed E-state index contributed by atoms with van der Waals surface area (Å²) in [6.07, 6.45) is 1.73. The molecule has 0 fully saturated rings. The number of thiazole rings is 1. The highest BCUT2D eigenvalue weighted by atomic mass is 32.2. The van der Waals surface area contributed by atoms with E-state index in [4.69, 9.17) is 5.11 Å². The smallest absolute Gasteiger partial charge is 0.316 e. The van der Waals surface area contributed by atoms with E-state index in [1.807, 2.05) is 23.6 Å². The maximum absolute atomic E-state index is 10.7. The van der Waals surface area contributed by atoms with Crippen LogP contribution in [0.25, 0.3) is 10.7 Å². The quantitative estimate of drug-likeness (QED) is 0.912. The zero-order chi connectivity index (χ0) is 13.0. The topological polar surface area (TPSA) is 63.1 Å². The van der Waals surface area contributed by atoms with Crippen molar-refractivity contribution in [2.45, 2.75) is 17.9 Å². The molecule has 0 radical (unpaired) electrons. The molecule has 0 spiro atoms. The van der Waals surface area contributed by atoms with Crippen molar-refractivity contribution in [3.8, 4) is 10.7 Å². The van der Waals surface area contributed by atoms with Crippen LogP contribution in [0, 0.1) is 0 Å². The largest absolute Gasteiger partial charge is 0.480 e. The van der Waals surface area contributed by atoms with E-state index in [0.717, 1.165) is 16.4 Å². The molecule has 4 nitrogen and oxygen atoms in total. The molecule has 2 rings (SSSR count). The molecule has 0 aliphatic rings. The van der Waals surface area contributed by atoms with Crippen LogP contribution in [0.15, 0.2) is 29.8 Å². The van der Waals surface area contributed by atoms with Gasteiger partial charge in [0.1, 0.15) is 5.01 Å². The second kappa shape index (κ2) is 5.97. The lowest BCUT2D eigenvalue weighted by atomic mass is 10.4. The second-order valence-electron chi connectivity index (χ2n) is 3.65. The van der Waals surface area contributed by atoms with Crippen LogP contribution in [0.5, 0.6) is 0 Å².